The fourth-order valence-corrected chi connectivity index (χ4v) is 2.73. The lowest BCUT2D eigenvalue weighted by Crippen LogP contribution is -2.28. The van der Waals surface area contributed by atoms with E-state index in [1.165, 1.54) is 0 Å². The fraction of sp³-hybridized carbons (Fsp3) is 0.150. The van der Waals surface area contributed by atoms with E-state index in [2.05, 4.69) is 5.32 Å². The zero-order valence-electron chi connectivity index (χ0n) is 13.5. The van der Waals surface area contributed by atoms with Gasteiger partial charge in [-0.1, -0.05) is 30.3 Å². The molecule has 0 saturated carbocycles. The number of carbonyl (C=O) groups is 1. The number of amides is 1. The van der Waals surface area contributed by atoms with Gasteiger partial charge in [-0.25, -0.2) is 0 Å². The molecule has 0 fully saturated rings. The quantitative estimate of drug-likeness (QED) is 0.726. The first kappa shape index (κ1) is 15.3. The van der Waals surface area contributed by atoms with E-state index in [0.717, 1.165) is 16.5 Å². The van der Waals surface area contributed by atoms with E-state index in [1.807, 2.05) is 54.6 Å². The van der Waals surface area contributed by atoms with Crippen molar-refractivity contribution in [2.75, 3.05) is 19.9 Å². The Morgan fingerprint density at radius 1 is 0.960 bits per heavy atom. The minimum atomic E-state index is -0.111. The van der Waals surface area contributed by atoms with Crippen molar-refractivity contribution in [1.82, 2.24) is 5.32 Å². The number of benzene rings is 3. The third kappa shape index (κ3) is 3.35. The van der Waals surface area contributed by atoms with Gasteiger partial charge in [-0.3, -0.25) is 4.79 Å². The molecule has 0 spiro atoms. The molecule has 5 nitrogen and oxygen atoms in total. The number of nitrogens with one attached hydrogen (secondary N) is 1. The van der Waals surface area contributed by atoms with Crippen LogP contribution in [0.1, 0.15) is 10.4 Å². The lowest BCUT2D eigenvalue weighted by atomic mass is 10.1. The van der Waals surface area contributed by atoms with Gasteiger partial charge in [-0.15, -0.1) is 0 Å². The number of rotatable bonds is 5. The zero-order valence-corrected chi connectivity index (χ0v) is 13.5. The van der Waals surface area contributed by atoms with Gasteiger partial charge in [0.05, 0.1) is 6.54 Å². The number of carbonyl (C=O) groups excluding carboxylic acids is 1. The molecule has 1 aliphatic rings. The van der Waals surface area contributed by atoms with Crippen LogP contribution >= 0.6 is 0 Å². The second kappa shape index (κ2) is 6.73. The average molecular weight is 335 g/mol. The van der Waals surface area contributed by atoms with Crippen LogP contribution in [0.3, 0.4) is 0 Å². The molecular formula is C20H17NO4. The number of ether oxygens (including phenoxy) is 3. The highest BCUT2D eigenvalue weighted by atomic mass is 16.7. The maximum Gasteiger partial charge on any atom is 0.251 e. The first-order valence-electron chi connectivity index (χ1n) is 8.09. The van der Waals surface area contributed by atoms with Crippen LogP contribution in [0.2, 0.25) is 0 Å². The van der Waals surface area contributed by atoms with Crippen molar-refractivity contribution >= 4 is 16.7 Å². The topological polar surface area (TPSA) is 56.8 Å². The SMILES string of the molecule is O=C(NCCOc1ccc2c(c1)OCO2)c1ccc2ccccc2c1. The van der Waals surface area contributed by atoms with E-state index >= 15 is 0 Å². The van der Waals surface area contributed by atoms with Gasteiger partial charge in [-0.2, -0.15) is 0 Å². The Labute approximate surface area is 145 Å². The molecule has 0 atom stereocenters. The van der Waals surface area contributed by atoms with E-state index in [4.69, 9.17) is 14.2 Å². The summed E-state index contributed by atoms with van der Waals surface area (Å²) in [6.45, 7) is 1.03. The van der Waals surface area contributed by atoms with Crippen molar-refractivity contribution in [2.45, 2.75) is 0 Å². The maximum absolute atomic E-state index is 12.2. The molecule has 25 heavy (non-hydrogen) atoms. The summed E-state index contributed by atoms with van der Waals surface area (Å²) < 4.78 is 16.2. The molecule has 1 N–H and O–H groups in total. The van der Waals surface area contributed by atoms with Crippen molar-refractivity contribution in [2.24, 2.45) is 0 Å². The van der Waals surface area contributed by atoms with Crippen LogP contribution in [-0.4, -0.2) is 25.9 Å². The highest BCUT2D eigenvalue weighted by Gasteiger charge is 2.13. The molecule has 126 valence electrons. The summed E-state index contributed by atoms with van der Waals surface area (Å²) in [5, 5.41) is 5.03. The molecular weight excluding hydrogens is 318 g/mol. The molecule has 0 bridgehead atoms. The van der Waals surface area contributed by atoms with Crippen LogP contribution in [0.25, 0.3) is 10.8 Å². The predicted molar refractivity (Wildman–Crippen MR) is 94.3 cm³/mol. The third-order valence-electron chi connectivity index (χ3n) is 4.01. The van der Waals surface area contributed by atoms with Crippen molar-refractivity contribution < 1.29 is 19.0 Å². The summed E-state index contributed by atoms with van der Waals surface area (Å²) in [6, 6.07) is 19.1. The smallest absolute Gasteiger partial charge is 0.251 e. The standard InChI is InChI=1S/C20H17NO4/c22-20(16-6-5-14-3-1-2-4-15(14)11-16)21-9-10-23-17-7-8-18-19(12-17)25-13-24-18/h1-8,11-12H,9-10,13H2,(H,21,22). The minimum absolute atomic E-state index is 0.111. The second-order valence-electron chi connectivity index (χ2n) is 5.68. The first-order chi connectivity index (χ1) is 12.3. The van der Waals surface area contributed by atoms with Gasteiger partial charge in [0, 0.05) is 11.6 Å². The third-order valence-corrected chi connectivity index (χ3v) is 4.01. The van der Waals surface area contributed by atoms with Gasteiger partial charge >= 0.3 is 0 Å². The molecule has 3 aromatic carbocycles. The molecule has 0 saturated heterocycles. The van der Waals surface area contributed by atoms with Crippen LogP contribution in [0.15, 0.2) is 60.7 Å². The summed E-state index contributed by atoms with van der Waals surface area (Å²) in [4.78, 5) is 12.2. The minimum Gasteiger partial charge on any atom is -0.492 e. The molecule has 1 amide bonds. The summed E-state index contributed by atoms with van der Waals surface area (Å²) >= 11 is 0. The normalized spacial score (nSPS) is 12.2. The van der Waals surface area contributed by atoms with E-state index in [1.54, 1.807) is 6.07 Å². The molecule has 5 heteroatoms. The molecule has 1 heterocycles. The summed E-state index contributed by atoms with van der Waals surface area (Å²) in [7, 11) is 0. The molecule has 0 aromatic heterocycles. The van der Waals surface area contributed by atoms with Crippen LogP contribution in [0, 0.1) is 0 Å². The van der Waals surface area contributed by atoms with Gasteiger partial charge in [-0.05, 0) is 35.0 Å². The number of hydrogen-bond acceptors (Lipinski definition) is 4. The van der Waals surface area contributed by atoms with E-state index in [-0.39, 0.29) is 12.7 Å². The van der Waals surface area contributed by atoms with Crippen molar-refractivity contribution in [3.05, 3.63) is 66.2 Å². The zero-order chi connectivity index (χ0) is 17.1. The van der Waals surface area contributed by atoms with E-state index < -0.39 is 0 Å². The van der Waals surface area contributed by atoms with Crippen LogP contribution in [-0.2, 0) is 0 Å². The Balaban J connectivity index is 1.31. The summed E-state index contributed by atoms with van der Waals surface area (Å²) in [5.74, 6) is 1.97. The monoisotopic (exact) mass is 335 g/mol. The molecule has 0 aliphatic carbocycles. The van der Waals surface area contributed by atoms with Gasteiger partial charge in [0.15, 0.2) is 11.5 Å². The lowest BCUT2D eigenvalue weighted by molar-refractivity contribution is 0.0947. The predicted octanol–water partition coefficient (Wildman–Crippen LogP) is 3.38. The van der Waals surface area contributed by atoms with Crippen LogP contribution < -0.4 is 19.5 Å². The Kier molecular flexibility index (Phi) is 4.12. The number of hydrogen-bond donors (Lipinski definition) is 1. The van der Waals surface area contributed by atoms with Gasteiger partial charge in [0.2, 0.25) is 6.79 Å². The summed E-state index contributed by atoms with van der Waals surface area (Å²) in [5.41, 5.74) is 0.641. The molecule has 1 aliphatic heterocycles. The first-order valence-corrected chi connectivity index (χ1v) is 8.09. The van der Waals surface area contributed by atoms with E-state index in [9.17, 15) is 4.79 Å². The highest BCUT2D eigenvalue weighted by molar-refractivity contribution is 5.98. The average Bonchev–Trinajstić information content (AvgIpc) is 3.12. The largest absolute Gasteiger partial charge is 0.492 e. The molecule has 4 rings (SSSR count). The maximum atomic E-state index is 12.2. The van der Waals surface area contributed by atoms with Crippen LogP contribution in [0.5, 0.6) is 17.2 Å². The van der Waals surface area contributed by atoms with Crippen LogP contribution in [0.4, 0.5) is 0 Å². The molecule has 3 aromatic rings. The fourth-order valence-electron chi connectivity index (χ4n) is 2.73. The number of fused-ring (bicyclic) bond motifs is 2. The molecule has 0 radical (unpaired) electrons. The highest BCUT2D eigenvalue weighted by Crippen LogP contribution is 2.34. The Bertz CT molecular complexity index is 922. The lowest BCUT2D eigenvalue weighted by Gasteiger charge is -2.09. The van der Waals surface area contributed by atoms with Gasteiger partial charge < -0.3 is 19.5 Å². The van der Waals surface area contributed by atoms with Crippen molar-refractivity contribution in [3.63, 3.8) is 0 Å². The Morgan fingerprint density at radius 3 is 2.72 bits per heavy atom. The Morgan fingerprint density at radius 2 is 1.80 bits per heavy atom. The van der Waals surface area contributed by atoms with Crippen molar-refractivity contribution in [3.8, 4) is 17.2 Å². The Hall–Kier alpha value is -3.21. The second-order valence-corrected chi connectivity index (χ2v) is 5.68. The molecule has 0 unspecified atom stereocenters. The van der Waals surface area contributed by atoms with Crippen molar-refractivity contribution in [1.29, 1.82) is 0 Å². The summed E-state index contributed by atoms with van der Waals surface area (Å²) in [6.07, 6.45) is 0. The van der Waals surface area contributed by atoms with Gasteiger partial charge in [0.1, 0.15) is 12.4 Å². The van der Waals surface area contributed by atoms with E-state index in [0.29, 0.717) is 30.2 Å². The van der Waals surface area contributed by atoms with Gasteiger partial charge in [0.25, 0.3) is 5.91 Å².